The number of anilines is 1. The van der Waals surface area contributed by atoms with Crippen LogP contribution in [0.4, 0.5) is 5.69 Å². The third-order valence-corrected chi connectivity index (χ3v) is 4.58. The SMILES string of the molecule is CC(C)(C)C(=O)N1CCC(C(=O)Nc2ccc3[nH]c(=O)[nH]c3c2)CC1. The van der Waals surface area contributed by atoms with E-state index in [9.17, 15) is 14.4 Å². The van der Waals surface area contributed by atoms with Crippen LogP contribution in [0, 0.1) is 11.3 Å². The van der Waals surface area contributed by atoms with Crippen LogP contribution in [0.5, 0.6) is 0 Å². The zero-order chi connectivity index (χ0) is 18.2. The monoisotopic (exact) mass is 344 g/mol. The molecular weight excluding hydrogens is 320 g/mol. The smallest absolute Gasteiger partial charge is 0.323 e. The van der Waals surface area contributed by atoms with Crippen LogP contribution in [-0.4, -0.2) is 39.8 Å². The van der Waals surface area contributed by atoms with Gasteiger partial charge in [0.25, 0.3) is 0 Å². The minimum absolute atomic E-state index is 0.0416. The van der Waals surface area contributed by atoms with Gasteiger partial charge < -0.3 is 20.2 Å². The van der Waals surface area contributed by atoms with Crippen molar-refractivity contribution in [3.8, 4) is 0 Å². The van der Waals surface area contributed by atoms with Crippen molar-refractivity contribution < 1.29 is 9.59 Å². The van der Waals surface area contributed by atoms with Crippen LogP contribution < -0.4 is 11.0 Å². The third-order valence-electron chi connectivity index (χ3n) is 4.58. The number of hydrogen-bond donors (Lipinski definition) is 3. The number of aromatic nitrogens is 2. The fourth-order valence-corrected chi connectivity index (χ4v) is 3.17. The number of piperidine rings is 1. The minimum Gasteiger partial charge on any atom is -0.342 e. The molecule has 1 saturated heterocycles. The highest BCUT2D eigenvalue weighted by atomic mass is 16.2. The van der Waals surface area contributed by atoms with E-state index in [-0.39, 0.29) is 23.4 Å². The first-order valence-electron chi connectivity index (χ1n) is 8.56. The van der Waals surface area contributed by atoms with E-state index in [0.717, 1.165) is 0 Å². The predicted octanol–water partition coefficient (Wildman–Crippen LogP) is 2.08. The number of hydrogen-bond acceptors (Lipinski definition) is 3. The number of imidazole rings is 1. The van der Waals surface area contributed by atoms with Gasteiger partial charge in [-0.05, 0) is 31.0 Å². The van der Waals surface area contributed by atoms with Gasteiger partial charge in [-0.25, -0.2) is 4.79 Å². The molecule has 0 bridgehead atoms. The molecule has 0 spiro atoms. The number of fused-ring (bicyclic) bond motifs is 1. The molecule has 2 amide bonds. The summed E-state index contributed by atoms with van der Waals surface area (Å²) in [6.45, 7) is 6.96. The molecule has 2 aromatic rings. The Kier molecular flexibility index (Phi) is 4.41. The molecule has 0 radical (unpaired) electrons. The highest BCUT2D eigenvalue weighted by Crippen LogP contribution is 2.25. The van der Waals surface area contributed by atoms with Gasteiger partial charge in [0.1, 0.15) is 0 Å². The molecule has 1 aromatic carbocycles. The number of carbonyl (C=O) groups excluding carboxylic acids is 2. The van der Waals surface area contributed by atoms with E-state index >= 15 is 0 Å². The highest BCUT2D eigenvalue weighted by molar-refractivity contribution is 5.94. The molecule has 0 unspecified atom stereocenters. The summed E-state index contributed by atoms with van der Waals surface area (Å²) in [4.78, 5) is 43.3. The zero-order valence-corrected chi connectivity index (χ0v) is 14.8. The lowest BCUT2D eigenvalue weighted by Crippen LogP contribution is -2.45. The van der Waals surface area contributed by atoms with Crippen molar-refractivity contribution in [3.05, 3.63) is 28.7 Å². The number of aromatic amines is 2. The summed E-state index contributed by atoms with van der Waals surface area (Å²) in [5.41, 5.74) is 1.36. The molecule has 3 N–H and O–H groups in total. The topological polar surface area (TPSA) is 98.1 Å². The number of nitrogens with zero attached hydrogens (tertiary/aromatic N) is 1. The van der Waals surface area contributed by atoms with Gasteiger partial charge in [-0.1, -0.05) is 20.8 Å². The Morgan fingerprint density at radius 1 is 1.12 bits per heavy atom. The van der Waals surface area contributed by atoms with Gasteiger partial charge in [0.15, 0.2) is 0 Å². The highest BCUT2D eigenvalue weighted by Gasteiger charge is 2.32. The van der Waals surface area contributed by atoms with Crippen LogP contribution in [0.3, 0.4) is 0 Å². The molecule has 25 heavy (non-hydrogen) atoms. The molecule has 7 nitrogen and oxygen atoms in total. The summed E-state index contributed by atoms with van der Waals surface area (Å²) in [5.74, 6) is -0.0155. The van der Waals surface area contributed by atoms with E-state index in [1.54, 1.807) is 18.2 Å². The fourth-order valence-electron chi connectivity index (χ4n) is 3.17. The summed E-state index contributed by atoms with van der Waals surface area (Å²) in [7, 11) is 0. The van der Waals surface area contributed by atoms with Gasteiger partial charge in [0.05, 0.1) is 11.0 Å². The molecule has 1 aromatic heterocycles. The van der Waals surface area contributed by atoms with Crippen LogP contribution in [0.1, 0.15) is 33.6 Å². The molecule has 0 aliphatic carbocycles. The van der Waals surface area contributed by atoms with Crippen LogP contribution in [0.25, 0.3) is 11.0 Å². The Morgan fingerprint density at radius 2 is 1.76 bits per heavy atom. The lowest BCUT2D eigenvalue weighted by molar-refractivity contribution is -0.142. The number of amides is 2. The molecule has 1 aliphatic rings. The van der Waals surface area contributed by atoms with Gasteiger partial charge in [0, 0.05) is 30.1 Å². The standard InChI is InChI=1S/C18H24N4O3/c1-18(2,3)16(24)22-8-6-11(7-9-22)15(23)19-12-4-5-13-14(10-12)21-17(25)20-13/h4-5,10-11H,6-9H2,1-3H3,(H,19,23)(H2,20,21,25). The van der Waals surface area contributed by atoms with Crippen molar-refractivity contribution in [2.24, 2.45) is 11.3 Å². The molecule has 1 aliphatic heterocycles. The number of carbonyl (C=O) groups is 2. The van der Waals surface area contributed by atoms with Crippen LogP contribution in [0.2, 0.25) is 0 Å². The van der Waals surface area contributed by atoms with Crippen molar-refractivity contribution >= 4 is 28.5 Å². The Morgan fingerprint density at radius 3 is 2.40 bits per heavy atom. The molecule has 1 fully saturated rings. The van der Waals surface area contributed by atoms with Crippen LogP contribution in [-0.2, 0) is 9.59 Å². The molecule has 2 heterocycles. The third kappa shape index (κ3) is 3.75. The summed E-state index contributed by atoms with van der Waals surface area (Å²) in [6.07, 6.45) is 1.33. The number of nitrogens with one attached hydrogen (secondary N) is 3. The van der Waals surface area contributed by atoms with E-state index in [2.05, 4.69) is 15.3 Å². The van der Waals surface area contributed by atoms with Crippen LogP contribution in [0.15, 0.2) is 23.0 Å². The van der Waals surface area contributed by atoms with E-state index in [4.69, 9.17) is 0 Å². The van der Waals surface area contributed by atoms with Crippen molar-refractivity contribution in [2.45, 2.75) is 33.6 Å². The van der Waals surface area contributed by atoms with E-state index < -0.39 is 5.41 Å². The maximum Gasteiger partial charge on any atom is 0.323 e. The second-order valence-corrected chi connectivity index (χ2v) is 7.65. The van der Waals surface area contributed by atoms with Crippen molar-refractivity contribution in [3.63, 3.8) is 0 Å². The van der Waals surface area contributed by atoms with Crippen molar-refractivity contribution in [1.29, 1.82) is 0 Å². The minimum atomic E-state index is -0.391. The average molecular weight is 344 g/mol. The van der Waals surface area contributed by atoms with E-state index in [1.165, 1.54) is 0 Å². The summed E-state index contributed by atoms with van der Waals surface area (Å²) in [6, 6.07) is 5.26. The molecule has 134 valence electrons. The zero-order valence-electron chi connectivity index (χ0n) is 14.8. The maximum atomic E-state index is 12.5. The molecule has 7 heteroatoms. The van der Waals surface area contributed by atoms with Gasteiger partial charge in [-0.3, -0.25) is 9.59 Å². The Balaban J connectivity index is 1.60. The largest absolute Gasteiger partial charge is 0.342 e. The predicted molar refractivity (Wildman–Crippen MR) is 96.3 cm³/mol. The maximum absolute atomic E-state index is 12.5. The molecule has 0 saturated carbocycles. The molecule has 0 atom stereocenters. The number of benzene rings is 1. The fraction of sp³-hybridized carbons (Fsp3) is 0.500. The van der Waals surface area contributed by atoms with E-state index in [0.29, 0.717) is 42.7 Å². The second-order valence-electron chi connectivity index (χ2n) is 7.65. The summed E-state index contributed by atoms with van der Waals surface area (Å²) in [5, 5.41) is 2.91. The Bertz CT molecular complexity index is 851. The van der Waals surface area contributed by atoms with Crippen molar-refractivity contribution in [1.82, 2.24) is 14.9 Å². The van der Waals surface area contributed by atoms with Gasteiger partial charge in [0.2, 0.25) is 11.8 Å². The number of rotatable bonds is 2. The first kappa shape index (κ1) is 17.3. The number of likely N-dealkylation sites (tertiary alicyclic amines) is 1. The first-order valence-corrected chi connectivity index (χ1v) is 8.56. The molecule has 3 rings (SSSR count). The summed E-state index contributed by atoms with van der Waals surface area (Å²) >= 11 is 0. The lowest BCUT2D eigenvalue weighted by Gasteiger charge is -2.35. The van der Waals surface area contributed by atoms with Gasteiger partial charge in [-0.2, -0.15) is 0 Å². The normalized spacial score (nSPS) is 16.2. The van der Waals surface area contributed by atoms with Gasteiger partial charge in [-0.15, -0.1) is 0 Å². The number of H-pyrrole nitrogens is 2. The Labute approximate surface area is 145 Å². The van der Waals surface area contributed by atoms with Crippen LogP contribution >= 0.6 is 0 Å². The first-order chi connectivity index (χ1) is 11.7. The van der Waals surface area contributed by atoms with Crippen molar-refractivity contribution in [2.75, 3.05) is 18.4 Å². The van der Waals surface area contributed by atoms with E-state index in [1.807, 2.05) is 25.7 Å². The Hall–Kier alpha value is -2.57. The van der Waals surface area contributed by atoms with Gasteiger partial charge >= 0.3 is 5.69 Å². The summed E-state index contributed by atoms with van der Waals surface area (Å²) < 4.78 is 0. The lowest BCUT2D eigenvalue weighted by atomic mass is 9.90. The second kappa shape index (κ2) is 6.38. The average Bonchev–Trinajstić information content (AvgIpc) is 2.92. The quantitative estimate of drug-likeness (QED) is 0.778. The molecular formula is C18H24N4O3.